The van der Waals surface area contributed by atoms with Crippen LogP contribution in [0.25, 0.3) is 0 Å². The van der Waals surface area contributed by atoms with Crippen molar-refractivity contribution >= 4 is 17.9 Å². The van der Waals surface area contributed by atoms with Gasteiger partial charge in [-0.15, -0.1) is 0 Å². The predicted molar refractivity (Wildman–Crippen MR) is 330 cm³/mol. The van der Waals surface area contributed by atoms with E-state index in [-0.39, 0.29) is 37.5 Å². The van der Waals surface area contributed by atoms with E-state index in [2.05, 4.69) is 106 Å². The van der Waals surface area contributed by atoms with Crippen LogP contribution in [0.5, 0.6) is 0 Å². The minimum Gasteiger partial charge on any atom is -0.462 e. The Hall–Kier alpha value is -3.41. The lowest BCUT2D eigenvalue weighted by Gasteiger charge is -2.18. The van der Waals surface area contributed by atoms with Crippen LogP contribution < -0.4 is 0 Å². The van der Waals surface area contributed by atoms with Crippen molar-refractivity contribution in [3.05, 3.63) is 85.1 Å². The monoisotopic (exact) mass is 1060 g/mol. The van der Waals surface area contributed by atoms with E-state index >= 15 is 0 Å². The Balaban J connectivity index is 4.40. The molecule has 0 amide bonds. The van der Waals surface area contributed by atoms with Crippen LogP contribution >= 0.6 is 0 Å². The molecule has 6 nitrogen and oxygen atoms in total. The quantitative estimate of drug-likeness (QED) is 0.0261. The average Bonchev–Trinajstić information content (AvgIpc) is 3.42. The molecule has 0 saturated carbocycles. The van der Waals surface area contributed by atoms with Crippen LogP contribution in [0.2, 0.25) is 0 Å². The van der Waals surface area contributed by atoms with Crippen molar-refractivity contribution in [1.82, 2.24) is 0 Å². The minimum absolute atomic E-state index is 0.0901. The lowest BCUT2D eigenvalue weighted by atomic mass is 10.0. The molecule has 0 N–H and O–H groups in total. The first-order chi connectivity index (χ1) is 37.5. The van der Waals surface area contributed by atoms with Gasteiger partial charge in [0.15, 0.2) is 6.10 Å². The second-order valence-corrected chi connectivity index (χ2v) is 21.6. The van der Waals surface area contributed by atoms with Gasteiger partial charge in [-0.3, -0.25) is 14.4 Å². The number of hydrogen-bond donors (Lipinski definition) is 0. The Labute approximate surface area is 471 Å². The zero-order valence-corrected chi connectivity index (χ0v) is 50.3. The zero-order chi connectivity index (χ0) is 55.0. The van der Waals surface area contributed by atoms with Gasteiger partial charge in [-0.2, -0.15) is 0 Å². The van der Waals surface area contributed by atoms with E-state index in [0.29, 0.717) is 12.8 Å². The van der Waals surface area contributed by atoms with Crippen molar-refractivity contribution in [2.45, 2.75) is 329 Å². The van der Waals surface area contributed by atoms with Gasteiger partial charge < -0.3 is 14.2 Å². The van der Waals surface area contributed by atoms with Crippen LogP contribution in [0.4, 0.5) is 0 Å². The van der Waals surface area contributed by atoms with E-state index in [9.17, 15) is 14.4 Å². The average molecular weight is 1060 g/mol. The number of allylic oxidation sites excluding steroid dienone is 14. The third-order valence-corrected chi connectivity index (χ3v) is 14.1. The molecule has 0 bridgehead atoms. The van der Waals surface area contributed by atoms with Gasteiger partial charge in [-0.1, -0.05) is 292 Å². The van der Waals surface area contributed by atoms with Crippen molar-refractivity contribution in [3.63, 3.8) is 0 Å². The third kappa shape index (κ3) is 61.4. The van der Waals surface area contributed by atoms with Crippen LogP contribution in [0.15, 0.2) is 85.1 Å². The molecule has 0 aliphatic heterocycles. The summed E-state index contributed by atoms with van der Waals surface area (Å²) in [5.74, 6) is -0.916. The highest BCUT2D eigenvalue weighted by molar-refractivity contribution is 5.71. The predicted octanol–water partition coefficient (Wildman–Crippen LogP) is 22.3. The van der Waals surface area contributed by atoms with Crippen molar-refractivity contribution in [3.8, 4) is 0 Å². The summed E-state index contributed by atoms with van der Waals surface area (Å²) in [4.78, 5) is 38.4. The molecule has 0 radical (unpaired) electrons. The maximum atomic E-state index is 12.9. The number of carbonyl (C=O) groups is 3. The zero-order valence-electron chi connectivity index (χ0n) is 50.3. The van der Waals surface area contributed by atoms with Crippen LogP contribution in [-0.4, -0.2) is 37.2 Å². The lowest BCUT2D eigenvalue weighted by molar-refractivity contribution is -0.167. The number of esters is 3. The van der Waals surface area contributed by atoms with Crippen LogP contribution in [-0.2, 0) is 28.6 Å². The number of unbranched alkanes of at least 4 members (excludes halogenated alkanes) is 34. The summed E-state index contributed by atoms with van der Waals surface area (Å²) in [6.07, 6.45) is 84.5. The van der Waals surface area contributed by atoms with Crippen molar-refractivity contribution in [2.75, 3.05) is 13.2 Å². The fourth-order valence-electron chi connectivity index (χ4n) is 9.27. The molecule has 0 aliphatic rings. The molecule has 1 unspecified atom stereocenters. The van der Waals surface area contributed by atoms with Gasteiger partial charge in [-0.25, -0.2) is 0 Å². The van der Waals surface area contributed by atoms with E-state index in [1.807, 2.05) is 0 Å². The Morgan fingerprint density at radius 1 is 0.276 bits per heavy atom. The van der Waals surface area contributed by atoms with E-state index < -0.39 is 6.10 Å². The first kappa shape index (κ1) is 72.6. The minimum atomic E-state index is -0.798. The smallest absolute Gasteiger partial charge is 0.306 e. The maximum absolute atomic E-state index is 12.9. The maximum Gasteiger partial charge on any atom is 0.306 e. The van der Waals surface area contributed by atoms with Gasteiger partial charge in [0.2, 0.25) is 0 Å². The summed E-state index contributed by atoms with van der Waals surface area (Å²) in [6, 6.07) is 0. The third-order valence-electron chi connectivity index (χ3n) is 14.1. The Kier molecular flexibility index (Phi) is 61.2. The van der Waals surface area contributed by atoms with E-state index in [0.717, 1.165) is 109 Å². The summed E-state index contributed by atoms with van der Waals surface area (Å²) >= 11 is 0. The van der Waals surface area contributed by atoms with Crippen LogP contribution in [0.3, 0.4) is 0 Å². The summed E-state index contributed by atoms with van der Waals surface area (Å²) in [6.45, 7) is 6.51. The molecule has 1 atom stereocenters. The van der Waals surface area contributed by atoms with Crippen molar-refractivity contribution < 1.29 is 28.6 Å². The fraction of sp³-hybridized carbons (Fsp3) is 0.757. The van der Waals surface area contributed by atoms with E-state index in [1.54, 1.807) is 0 Å². The number of carbonyl (C=O) groups excluding carboxylic acids is 3. The number of ether oxygens (including phenoxy) is 3. The molecule has 0 aliphatic carbocycles. The molecule has 6 heteroatoms. The molecule has 0 saturated heterocycles. The van der Waals surface area contributed by atoms with Gasteiger partial charge >= 0.3 is 17.9 Å². The molecular formula is C70H122O6. The van der Waals surface area contributed by atoms with Crippen molar-refractivity contribution in [2.24, 2.45) is 0 Å². The highest BCUT2D eigenvalue weighted by Crippen LogP contribution is 2.17. The molecule has 76 heavy (non-hydrogen) atoms. The number of hydrogen-bond acceptors (Lipinski definition) is 6. The summed E-state index contributed by atoms with van der Waals surface area (Å²) < 4.78 is 16.9. The summed E-state index contributed by atoms with van der Waals surface area (Å²) in [5, 5.41) is 0. The van der Waals surface area contributed by atoms with Gasteiger partial charge in [0.25, 0.3) is 0 Å². The Morgan fingerprint density at radius 3 is 0.842 bits per heavy atom. The first-order valence-corrected chi connectivity index (χ1v) is 32.6. The van der Waals surface area contributed by atoms with Crippen molar-refractivity contribution in [1.29, 1.82) is 0 Å². The summed E-state index contributed by atoms with van der Waals surface area (Å²) in [5.41, 5.74) is 0. The van der Waals surface area contributed by atoms with Gasteiger partial charge in [0.1, 0.15) is 13.2 Å². The molecule has 0 aromatic carbocycles. The largest absolute Gasteiger partial charge is 0.462 e. The fourth-order valence-corrected chi connectivity index (χ4v) is 9.27. The molecule has 438 valence electrons. The normalized spacial score (nSPS) is 12.6. The number of rotatable bonds is 59. The van der Waals surface area contributed by atoms with Gasteiger partial charge in [-0.05, 0) is 96.3 Å². The Bertz CT molecular complexity index is 1450. The molecule has 0 aromatic rings. The lowest BCUT2D eigenvalue weighted by Crippen LogP contribution is -2.30. The molecule has 0 spiro atoms. The second kappa shape index (κ2) is 64.1. The first-order valence-electron chi connectivity index (χ1n) is 32.6. The topological polar surface area (TPSA) is 78.9 Å². The van der Waals surface area contributed by atoms with E-state index in [1.165, 1.54) is 173 Å². The highest BCUT2D eigenvalue weighted by Gasteiger charge is 2.19. The van der Waals surface area contributed by atoms with Crippen LogP contribution in [0, 0.1) is 0 Å². The second-order valence-electron chi connectivity index (χ2n) is 21.6. The molecule has 0 heterocycles. The molecule has 0 aromatic heterocycles. The standard InChI is InChI=1S/C70H122O6/c1-4-7-10-13-16-19-22-25-28-31-33-34-35-37-39-42-45-48-51-54-57-60-63-69(72)75-66-67(65-74-68(71)62-59-56-53-50-47-44-41-38-30-27-24-21-18-15-12-9-6-3)76-70(73)64-61-58-55-52-49-46-43-40-36-32-29-26-23-20-17-14-11-8-5-2/h8,11,17-18,20-21,26-27,29-30,36,40,46,49,67H,4-7,9-10,12-16,19,22-25,28,31-35,37-39,41-45,47-48,50-66H2,1-3H3/b11-8-,20-17-,21-18-,29-26-,30-27-,40-36-,49-46-. The van der Waals surface area contributed by atoms with Gasteiger partial charge in [0.05, 0.1) is 0 Å². The SMILES string of the molecule is CC/C=C\C/C=C\C/C=C\C/C=C\C/C=C\CCCCCC(=O)OC(COC(=O)CCCCCCCCC/C=C\C/C=C\CCCCC)COC(=O)CCCCCCCCCCCCCCCCCCCCCCCC. The molecule has 0 rings (SSSR count). The molecule has 0 fully saturated rings. The van der Waals surface area contributed by atoms with E-state index in [4.69, 9.17) is 14.2 Å². The highest BCUT2D eigenvalue weighted by atomic mass is 16.6. The summed E-state index contributed by atoms with van der Waals surface area (Å²) in [7, 11) is 0. The molecular weight excluding hydrogens is 937 g/mol. The Morgan fingerprint density at radius 2 is 0.513 bits per heavy atom. The van der Waals surface area contributed by atoms with Crippen LogP contribution in [0.1, 0.15) is 323 Å². The van der Waals surface area contributed by atoms with Gasteiger partial charge in [0, 0.05) is 19.3 Å².